The van der Waals surface area contributed by atoms with Gasteiger partial charge >= 0.3 is 5.97 Å². The third-order valence-corrected chi connectivity index (χ3v) is 7.10. The molecule has 0 aromatic heterocycles. The van der Waals surface area contributed by atoms with E-state index in [4.69, 9.17) is 5.11 Å². The molecule has 1 rings (SSSR count). The van der Waals surface area contributed by atoms with Gasteiger partial charge in [0.15, 0.2) is 0 Å². The fourth-order valence-corrected chi connectivity index (χ4v) is 5.11. The molecule has 0 bridgehead atoms. The van der Waals surface area contributed by atoms with Crippen molar-refractivity contribution in [3.8, 4) is 0 Å². The Kier molecular flexibility index (Phi) is 14.8. The molecule has 1 aliphatic carbocycles. The van der Waals surface area contributed by atoms with Crippen LogP contribution in [0.1, 0.15) is 64.7 Å². The second kappa shape index (κ2) is 16.5. The summed E-state index contributed by atoms with van der Waals surface area (Å²) < 4.78 is 4.63. The molecule has 178 valence electrons. The number of Topliss-reactive ketones (excluding diaryl/α,β-unsaturated/α-hetero) is 1. The number of aliphatic hydroxyl groups excluding tert-OH is 3. The largest absolute Gasteiger partial charge is 0.469 e. The number of rotatable bonds is 16. The van der Waals surface area contributed by atoms with E-state index in [-0.39, 0.29) is 35.4 Å². The van der Waals surface area contributed by atoms with Gasteiger partial charge in [-0.15, -0.1) is 0 Å². The lowest BCUT2D eigenvalue weighted by Crippen LogP contribution is -2.21. The summed E-state index contributed by atoms with van der Waals surface area (Å²) in [6.45, 7) is 1.84. The van der Waals surface area contributed by atoms with Crippen LogP contribution in [-0.2, 0) is 14.3 Å². The number of unbranched alkanes of at least 4 members (excludes halogenated alkanes) is 3. The molecule has 6 nitrogen and oxygen atoms in total. The molecule has 31 heavy (non-hydrogen) atoms. The minimum atomic E-state index is -0.793. The molecule has 3 N–H and O–H groups in total. The van der Waals surface area contributed by atoms with Crippen LogP contribution >= 0.6 is 11.8 Å². The number of ether oxygens (including phenoxy) is 1. The molecular weight excluding hydrogens is 416 g/mol. The van der Waals surface area contributed by atoms with Gasteiger partial charge in [0.05, 0.1) is 25.9 Å². The second-order valence-corrected chi connectivity index (χ2v) is 9.46. The van der Waals surface area contributed by atoms with E-state index in [2.05, 4.69) is 11.7 Å². The lowest BCUT2D eigenvalue weighted by molar-refractivity contribution is -0.140. The Morgan fingerprint density at radius 2 is 2.03 bits per heavy atom. The van der Waals surface area contributed by atoms with Gasteiger partial charge in [0.2, 0.25) is 0 Å². The van der Waals surface area contributed by atoms with E-state index in [0.29, 0.717) is 31.4 Å². The van der Waals surface area contributed by atoms with Gasteiger partial charge in [0.1, 0.15) is 5.78 Å². The first-order chi connectivity index (χ1) is 14.9. The van der Waals surface area contributed by atoms with Crippen molar-refractivity contribution in [2.24, 2.45) is 11.8 Å². The average molecular weight is 457 g/mol. The molecule has 0 saturated heterocycles. The molecule has 0 spiro atoms. The van der Waals surface area contributed by atoms with Crippen molar-refractivity contribution in [1.29, 1.82) is 0 Å². The van der Waals surface area contributed by atoms with Gasteiger partial charge in [-0.1, -0.05) is 50.5 Å². The quantitative estimate of drug-likeness (QED) is 0.186. The highest BCUT2D eigenvalue weighted by atomic mass is 32.2. The van der Waals surface area contributed by atoms with Crippen LogP contribution < -0.4 is 0 Å². The number of hydrogen-bond donors (Lipinski definition) is 3. The van der Waals surface area contributed by atoms with Crippen LogP contribution in [0.4, 0.5) is 0 Å². The number of hydrogen-bond acceptors (Lipinski definition) is 7. The summed E-state index contributed by atoms with van der Waals surface area (Å²) in [5.74, 6) is 0.203. The summed E-state index contributed by atoms with van der Waals surface area (Å²) in [6, 6.07) is 0. The fourth-order valence-electron chi connectivity index (χ4n) is 3.75. The molecule has 5 atom stereocenters. The lowest BCUT2D eigenvalue weighted by atomic mass is 9.91. The summed E-state index contributed by atoms with van der Waals surface area (Å²) in [5.41, 5.74) is 0. The maximum Gasteiger partial charge on any atom is 0.305 e. The first-order valence-corrected chi connectivity index (χ1v) is 12.5. The third-order valence-electron chi connectivity index (χ3n) is 5.62. The van der Waals surface area contributed by atoms with Gasteiger partial charge < -0.3 is 20.1 Å². The van der Waals surface area contributed by atoms with Crippen molar-refractivity contribution in [3.63, 3.8) is 0 Å². The molecular formula is C24H40O6S. The topological polar surface area (TPSA) is 104 Å². The molecule has 2 unspecified atom stereocenters. The standard InChI is InChI=1S/C24H40O6S/c1-3-4-7-10-18(26)13-14-21-20(11-8-5-6-9-12-24(29)30-2)22(28)15-23(21)31-17-19(27)16-25/h5,8,13-14,18-21,23,25-27H,3-4,6-7,9-12,15-17H2,1-2H3/b8-5-,14-13+/t18-,19?,20+,21+,23?/m0/s1. The van der Waals surface area contributed by atoms with Gasteiger partial charge in [-0.25, -0.2) is 0 Å². The second-order valence-electron chi connectivity index (χ2n) is 8.19. The fraction of sp³-hybridized carbons (Fsp3) is 0.750. The number of allylic oxidation sites excluding steroid dienone is 3. The van der Waals surface area contributed by atoms with E-state index in [1.54, 1.807) is 0 Å². The van der Waals surface area contributed by atoms with Crippen LogP contribution in [0, 0.1) is 11.8 Å². The first kappa shape index (κ1) is 27.9. The molecule has 0 aromatic rings. The molecule has 1 saturated carbocycles. The average Bonchev–Trinajstić information content (AvgIpc) is 3.06. The minimum absolute atomic E-state index is 0.0102. The molecule has 0 heterocycles. The number of esters is 1. The molecule has 1 aliphatic rings. The van der Waals surface area contributed by atoms with E-state index >= 15 is 0 Å². The predicted molar refractivity (Wildman–Crippen MR) is 125 cm³/mol. The maximum atomic E-state index is 12.7. The molecule has 0 aliphatic heterocycles. The Labute approximate surface area is 191 Å². The SMILES string of the molecule is CCCCC[C@H](O)/C=C/[C@H]1C(SCC(O)CO)CC(=O)[C@@H]1C/C=C\CCCC(=O)OC. The monoisotopic (exact) mass is 456 g/mol. The van der Waals surface area contributed by atoms with E-state index in [1.807, 2.05) is 24.3 Å². The highest BCUT2D eigenvalue weighted by Crippen LogP contribution is 2.40. The van der Waals surface area contributed by atoms with Gasteiger partial charge in [-0.05, 0) is 31.6 Å². The Morgan fingerprint density at radius 3 is 2.71 bits per heavy atom. The zero-order valence-corrected chi connectivity index (χ0v) is 19.8. The minimum Gasteiger partial charge on any atom is -0.469 e. The highest BCUT2D eigenvalue weighted by Gasteiger charge is 2.40. The number of thioether (sulfide) groups is 1. The Hall–Kier alpha value is -1.15. The van der Waals surface area contributed by atoms with Crippen molar-refractivity contribution in [1.82, 2.24) is 0 Å². The molecule has 1 fully saturated rings. The highest BCUT2D eigenvalue weighted by molar-refractivity contribution is 8.00. The van der Waals surface area contributed by atoms with Gasteiger partial charge in [0.25, 0.3) is 0 Å². The van der Waals surface area contributed by atoms with Crippen molar-refractivity contribution in [2.75, 3.05) is 19.5 Å². The van der Waals surface area contributed by atoms with E-state index in [9.17, 15) is 19.8 Å². The normalized spacial score (nSPS) is 23.6. The Bertz CT molecular complexity index is 576. The van der Waals surface area contributed by atoms with Crippen molar-refractivity contribution < 1.29 is 29.6 Å². The van der Waals surface area contributed by atoms with Crippen molar-refractivity contribution >= 4 is 23.5 Å². The Morgan fingerprint density at radius 1 is 1.26 bits per heavy atom. The number of methoxy groups -OCH3 is 1. The summed E-state index contributed by atoms with van der Waals surface area (Å²) in [4.78, 5) is 23.9. The summed E-state index contributed by atoms with van der Waals surface area (Å²) in [7, 11) is 1.38. The summed E-state index contributed by atoms with van der Waals surface area (Å²) in [5, 5.41) is 29.1. The first-order valence-electron chi connectivity index (χ1n) is 11.4. The summed E-state index contributed by atoms with van der Waals surface area (Å²) in [6.07, 6.45) is 13.3. The van der Waals surface area contributed by atoms with Crippen molar-refractivity contribution in [3.05, 3.63) is 24.3 Å². The van der Waals surface area contributed by atoms with E-state index in [0.717, 1.165) is 32.1 Å². The molecule has 0 aromatic carbocycles. The smallest absolute Gasteiger partial charge is 0.305 e. The third kappa shape index (κ3) is 11.3. The van der Waals surface area contributed by atoms with Crippen LogP contribution in [0.15, 0.2) is 24.3 Å². The molecule has 7 heteroatoms. The number of ketones is 1. The van der Waals surface area contributed by atoms with Crippen LogP contribution in [0.25, 0.3) is 0 Å². The molecule has 0 amide bonds. The zero-order chi connectivity index (χ0) is 23.1. The number of carbonyl (C=O) groups excluding carboxylic acids is 2. The van der Waals surface area contributed by atoms with E-state index < -0.39 is 12.2 Å². The predicted octanol–water partition coefficient (Wildman–Crippen LogP) is 3.43. The summed E-state index contributed by atoms with van der Waals surface area (Å²) >= 11 is 1.52. The van der Waals surface area contributed by atoms with Gasteiger partial charge in [-0.2, -0.15) is 11.8 Å². The van der Waals surface area contributed by atoms with Gasteiger partial charge in [0, 0.05) is 29.8 Å². The number of aliphatic hydroxyl groups is 3. The van der Waals surface area contributed by atoms with E-state index in [1.165, 1.54) is 18.9 Å². The number of carbonyl (C=O) groups is 2. The maximum absolute atomic E-state index is 12.7. The lowest BCUT2D eigenvalue weighted by Gasteiger charge is -2.21. The van der Waals surface area contributed by atoms with Crippen LogP contribution in [-0.4, -0.2) is 64.0 Å². The zero-order valence-electron chi connectivity index (χ0n) is 18.9. The molecule has 0 radical (unpaired) electrons. The van der Waals surface area contributed by atoms with Crippen molar-refractivity contribution in [2.45, 2.75) is 82.2 Å². The van der Waals surface area contributed by atoms with Crippen LogP contribution in [0.5, 0.6) is 0 Å². The Balaban J connectivity index is 2.70. The van der Waals surface area contributed by atoms with Crippen LogP contribution in [0.3, 0.4) is 0 Å². The van der Waals surface area contributed by atoms with Crippen LogP contribution in [0.2, 0.25) is 0 Å². The van der Waals surface area contributed by atoms with Gasteiger partial charge in [-0.3, -0.25) is 9.59 Å².